The van der Waals surface area contributed by atoms with Gasteiger partial charge in [-0.1, -0.05) is 24.4 Å². The first kappa shape index (κ1) is 11.6. The Kier molecular flexibility index (Phi) is 7.09. The van der Waals surface area contributed by atoms with Crippen LogP contribution in [0.3, 0.4) is 0 Å². The molecule has 0 unspecified atom stereocenters. The number of hydrogen-bond acceptors (Lipinski definition) is 3. The highest BCUT2D eigenvalue weighted by Gasteiger charge is 1.97. The lowest BCUT2D eigenvalue weighted by Gasteiger charge is -1.98. The average molecular weight is 203 g/mol. The van der Waals surface area contributed by atoms with Gasteiger partial charge < -0.3 is 5.73 Å². The van der Waals surface area contributed by atoms with Crippen LogP contribution < -0.4 is 5.73 Å². The molecule has 0 heterocycles. The van der Waals surface area contributed by atoms with Crippen LogP contribution in [0.1, 0.15) is 32.1 Å². The molecule has 0 rings (SSSR count). The van der Waals surface area contributed by atoms with E-state index in [1.807, 2.05) is 0 Å². The highest BCUT2D eigenvalue weighted by molar-refractivity contribution is 7.81. The molecule has 0 aromatic rings. The number of thiocarbonyl (C=S) groups is 2. The van der Waals surface area contributed by atoms with Gasteiger partial charge >= 0.3 is 0 Å². The van der Waals surface area contributed by atoms with E-state index in [9.17, 15) is 4.79 Å². The Labute approximate surface area is 83.5 Å². The van der Waals surface area contributed by atoms with Crippen molar-refractivity contribution in [3.8, 4) is 0 Å². The van der Waals surface area contributed by atoms with Crippen molar-refractivity contribution in [1.29, 1.82) is 0 Å². The van der Waals surface area contributed by atoms with Crippen molar-refractivity contribution in [3.63, 3.8) is 0 Å². The molecule has 0 saturated carbocycles. The number of carbonyl (C=O) groups is 1. The second-order valence-corrected chi connectivity index (χ2v) is 3.49. The van der Waals surface area contributed by atoms with Gasteiger partial charge in [0.05, 0.1) is 0 Å². The fourth-order valence-corrected chi connectivity index (χ4v) is 1.35. The summed E-state index contributed by atoms with van der Waals surface area (Å²) in [7, 11) is 0. The third-order valence-corrected chi connectivity index (χ3v) is 1.98. The lowest BCUT2D eigenvalue weighted by molar-refractivity contribution is -0.118. The van der Waals surface area contributed by atoms with Crippen LogP contribution in [-0.2, 0) is 4.79 Å². The molecule has 0 radical (unpaired) electrons. The van der Waals surface area contributed by atoms with E-state index >= 15 is 0 Å². The van der Waals surface area contributed by atoms with Crippen LogP contribution >= 0.6 is 24.4 Å². The first-order chi connectivity index (χ1) is 5.66. The molecule has 1 amide bonds. The van der Waals surface area contributed by atoms with Crippen LogP contribution in [0.25, 0.3) is 0 Å². The zero-order valence-electron chi connectivity index (χ0n) is 6.91. The molecular weight excluding hydrogens is 190 g/mol. The van der Waals surface area contributed by atoms with Gasteiger partial charge in [-0.3, -0.25) is 4.79 Å². The maximum Gasteiger partial charge on any atom is 0.217 e. The molecule has 4 heteroatoms. The predicted molar refractivity (Wildman–Crippen MR) is 58.5 cm³/mol. The van der Waals surface area contributed by atoms with Gasteiger partial charge in [-0.25, -0.2) is 0 Å². The van der Waals surface area contributed by atoms with Crippen molar-refractivity contribution in [2.75, 3.05) is 0 Å². The minimum Gasteiger partial charge on any atom is -0.370 e. The van der Waals surface area contributed by atoms with Crippen LogP contribution in [-0.4, -0.2) is 16.1 Å². The van der Waals surface area contributed by atoms with E-state index in [2.05, 4.69) is 12.2 Å². The van der Waals surface area contributed by atoms with Crippen LogP contribution in [0.15, 0.2) is 0 Å². The van der Waals surface area contributed by atoms with E-state index in [0.717, 1.165) is 30.5 Å². The number of hydrogen-bond donors (Lipinski definition) is 1. The van der Waals surface area contributed by atoms with Crippen molar-refractivity contribution in [1.82, 2.24) is 0 Å². The molecule has 0 aromatic carbocycles. The summed E-state index contributed by atoms with van der Waals surface area (Å²) in [4.78, 5) is 11.3. The summed E-state index contributed by atoms with van der Waals surface area (Å²) in [6.07, 6.45) is 3.81. The molecule has 0 aliphatic heterocycles. The smallest absolute Gasteiger partial charge is 0.217 e. The lowest BCUT2D eigenvalue weighted by atomic mass is 10.1. The Balaban J connectivity index is 3.25. The van der Waals surface area contributed by atoms with Crippen LogP contribution in [0.4, 0.5) is 0 Å². The minimum absolute atomic E-state index is 0.240. The van der Waals surface area contributed by atoms with E-state index in [-0.39, 0.29) is 5.91 Å². The Bertz CT molecular complexity index is 180. The molecule has 0 atom stereocenters. The Morgan fingerprint density at radius 3 is 2.42 bits per heavy atom. The largest absolute Gasteiger partial charge is 0.370 e. The zero-order valence-corrected chi connectivity index (χ0v) is 8.55. The van der Waals surface area contributed by atoms with E-state index in [0.29, 0.717) is 6.42 Å². The summed E-state index contributed by atoms with van der Waals surface area (Å²) in [5, 5.41) is 1.64. The monoisotopic (exact) mass is 203 g/mol. The van der Waals surface area contributed by atoms with Crippen LogP contribution in [0, 0.1) is 0 Å². The number of amides is 1. The molecule has 0 spiro atoms. The number of carbonyl (C=O) groups excluding carboxylic acids is 1. The summed E-state index contributed by atoms with van der Waals surface area (Å²) >= 11 is 9.68. The first-order valence-electron chi connectivity index (χ1n) is 3.90. The average Bonchev–Trinajstić information content (AvgIpc) is 1.98. The number of primary amides is 1. The Morgan fingerprint density at radius 2 is 1.92 bits per heavy atom. The molecule has 12 heavy (non-hydrogen) atoms. The molecule has 0 bridgehead atoms. The van der Waals surface area contributed by atoms with Crippen molar-refractivity contribution in [3.05, 3.63) is 0 Å². The van der Waals surface area contributed by atoms with E-state index in [1.165, 1.54) is 0 Å². The van der Waals surface area contributed by atoms with Gasteiger partial charge in [-0.2, -0.15) is 0 Å². The van der Waals surface area contributed by atoms with Gasteiger partial charge in [-0.05, 0) is 29.5 Å². The standard InChI is InChI=1S/C8H13NOS2/c9-8(10)4-2-1-3-7(12)5-6-11/h6H,1-5H2,(H2,9,10). The predicted octanol–water partition coefficient (Wildman–Crippen LogP) is 1.79. The molecule has 2 nitrogen and oxygen atoms in total. The van der Waals surface area contributed by atoms with Gasteiger partial charge in [0.2, 0.25) is 5.91 Å². The summed E-state index contributed by atoms with van der Waals surface area (Å²) in [5.41, 5.74) is 4.97. The lowest BCUT2D eigenvalue weighted by Crippen LogP contribution is -2.09. The van der Waals surface area contributed by atoms with E-state index in [4.69, 9.17) is 18.0 Å². The van der Waals surface area contributed by atoms with Gasteiger partial charge in [0.25, 0.3) is 0 Å². The molecule has 0 fully saturated rings. The summed E-state index contributed by atoms with van der Waals surface area (Å²) in [6, 6.07) is 0. The zero-order chi connectivity index (χ0) is 9.40. The Morgan fingerprint density at radius 1 is 1.33 bits per heavy atom. The van der Waals surface area contributed by atoms with Gasteiger partial charge in [0, 0.05) is 12.8 Å². The number of unbranched alkanes of at least 4 members (excludes halogenated alkanes) is 1. The molecule has 0 aliphatic carbocycles. The molecule has 68 valence electrons. The fraction of sp³-hybridized carbons (Fsp3) is 0.625. The van der Waals surface area contributed by atoms with Crippen LogP contribution in [0.2, 0.25) is 0 Å². The SMILES string of the molecule is NC(=O)CCCCC(=S)CC=S. The maximum atomic E-state index is 10.3. The highest BCUT2D eigenvalue weighted by atomic mass is 32.1. The molecular formula is C8H13NOS2. The second kappa shape index (κ2) is 7.31. The Hall–Kier alpha value is -0.350. The summed E-state index contributed by atoms with van der Waals surface area (Å²) in [6.45, 7) is 0. The maximum absolute atomic E-state index is 10.3. The van der Waals surface area contributed by atoms with Crippen molar-refractivity contribution in [2.24, 2.45) is 5.73 Å². The minimum atomic E-state index is -0.240. The molecule has 0 saturated heterocycles. The van der Waals surface area contributed by atoms with Gasteiger partial charge in [-0.15, -0.1) is 0 Å². The third kappa shape index (κ3) is 7.75. The molecule has 0 aromatic heterocycles. The van der Waals surface area contributed by atoms with Crippen molar-refractivity contribution < 1.29 is 4.79 Å². The molecule has 2 N–H and O–H groups in total. The fourth-order valence-electron chi connectivity index (χ4n) is 0.816. The van der Waals surface area contributed by atoms with Crippen molar-refractivity contribution in [2.45, 2.75) is 32.1 Å². The molecule has 0 aliphatic rings. The van der Waals surface area contributed by atoms with Gasteiger partial charge in [0.15, 0.2) is 0 Å². The summed E-state index contributed by atoms with van der Waals surface area (Å²) < 4.78 is 0. The van der Waals surface area contributed by atoms with E-state index in [1.54, 1.807) is 5.37 Å². The number of nitrogens with two attached hydrogens (primary N) is 1. The topological polar surface area (TPSA) is 43.1 Å². The van der Waals surface area contributed by atoms with Crippen LogP contribution in [0.5, 0.6) is 0 Å². The normalized spacial score (nSPS) is 9.33. The van der Waals surface area contributed by atoms with Gasteiger partial charge in [0.1, 0.15) is 0 Å². The second-order valence-electron chi connectivity index (χ2n) is 2.58. The number of rotatable bonds is 7. The van der Waals surface area contributed by atoms with E-state index < -0.39 is 0 Å². The quantitative estimate of drug-likeness (QED) is 0.507. The highest BCUT2D eigenvalue weighted by Crippen LogP contribution is 2.02. The first-order valence-corrected chi connectivity index (χ1v) is 4.78. The summed E-state index contributed by atoms with van der Waals surface area (Å²) in [5.74, 6) is -0.240. The third-order valence-electron chi connectivity index (χ3n) is 1.44. The van der Waals surface area contributed by atoms with Crippen molar-refractivity contribution >= 4 is 40.6 Å².